The summed E-state index contributed by atoms with van der Waals surface area (Å²) in [7, 11) is 4.18. The van der Waals surface area contributed by atoms with Gasteiger partial charge >= 0.3 is 14.2 Å². The van der Waals surface area contributed by atoms with Crippen LogP contribution in [0.15, 0.2) is 48.5 Å². The Morgan fingerprint density at radius 3 is 1.77 bits per heavy atom. The largest absolute Gasteiger partial charge is 0.488 e. The third kappa shape index (κ3) is 6.53. The topological polar surface area (TPSA) is 104 Å². The predicted octanol–water partition coefficient (Wildman–Crippen LogP) is -1.50. The summed E-state index contributed by atoms with van der Waals surface area (Å²) in [5, 5.41) is 35.5. The van der Waals surface area contributed by atoms with Crippen molar-refractivity contribution in [3.63, 3.8) is 0 Å². The number of hydrogen-bond acceptors (Lipinski definition) is 6. The van der Waals surface area contributed by atoms with Crippen molar-refractivity contribution in [1.82, 2.24) is 4.90 Å². The summed E-state index contributed by atoms with van der Waals surface area (Å²) in [6, 6.07) is 13.4. The molecule has 138 valence electrons. The summed E-state index contributed by atoms with van der Waals surface area (Å²) < 4.78 is 0. The molecule has 2 aromatic carbocycles. The fourth-order valence-electron chi connectivity index (χ4n) is 2.05. The highest BCUT2D eigenvalue weighted by Crippen LogP contribution is 2.07. The molecule has 0 bridgehead atoms. The van der Waals surface area contributed by atoms with E-state index in [1.807, 2.05) is 25.1 Å². The van der Waals surface area contributed by atoms with Crippen molar-refractivity contribution in [2.75, 3.05) is 33.1 Å². The number of carbonyl (C=O) groups excluding carboxylic acids is 1. The third-order valence-corrected chi connectivity index (χ3v) is 3.52. The van der Waals surface area contributed by atoms with Crippen LogP contribution in [0.2, 0.25) is 0 Å². The van der Waals surface area contributed by atoms with Gasteiger partial charge in [-0.2, -0.15) is 0 Å². The molecule has 7 nitrogen and oxygen atoms in total. The Morgan fingerprint density at radius 2 is 1.31 bits per heavy atom. The molecule has 0 saturated heterocycles. The van der Waals surface area contributed by atoms with E-state index in [1.54, 1.807) is 50.5 Å². The first-order valence-corrected chi connectivity index (χ1v) is 7.94. The van der Waals surface area contributed by atoms with E-state index in [1.165, 1.54) is 11.0 Å². The molecule has 0 aliphatic carbocycles. The van der Waals surface area contributed by atoms with Crippen LogP contribution in [0.25, 0.3) is 0 Å². The average Bonchev–Trinajstić information content (AvgIpc) is 2.61. The zero-order chi connectivity index (χ0) is 19.9. The molecular weight excluding hydrogens is 334 g/mol. The molecule has 4 N–H and O–H groups in total. The highest BCUT2D eigenvalue weighted by Gasteiger charge is 2.14. The minimum Gasteiger partial charge on any atom is -0.423 e. The van der Waals surface area contributed by atoms with E-state index < -0.39 is 14.2 Å². The first kappa shape index (κ1) is 21.7. The van der Waals surface area contributed by atoms with Crippen molar-refractivity contribution < 1.29 is 24.9 Å². The molecule has 0 radical (unpaired) electrons. The molecule has 0 aliphatic rings. The minimum atomic E-state index is -1.54. The van der Waals surface area contributed by atoms with E-state index in [0.29, 0.717) is 16.5 Å². The van der Waals surface area contributed by atoms with Gasteiger partial charge in [0.25, 0.3) is 5.91 Å². The van der Waals surface area contributed by atoms with Crippen molar-refractivity contribution >= 4 is 36.8 Å². The molecule has 26 heavy (non-hydrogen) atoms. The molecule has 0 atom stereocenters. The van der Waals surface area contributed by atoms with Gasteiger partial charge in [-0.15, -0.1) is 0 Å². The van der Waals surface area contributed by atoms with Crippen LogP contribution in [0.4, 0.5) is 5.69 Å². The molecule has 2 aromatic rings. The van der Waals surface area contributed by atoms with Gasteiger partial charge in [-0.25, -0.2) is 0 Å². The first-order valence-electron chi connectivity index (χ1n) is 7.94. The third-order valence-electron chi connectivity index (χ3n) is 3.52. The average molecular weight is 358 g/mol. The molecule has 0 spiro atoms. The Labute approximate surface area is 154 Å². The lowest BCUT2D eigenvalue weighted by atomic mass is 9.79. The number of amides is 1. The normalized spacial score (nSPS) is 9.69. The highest BCUT2D eigenvalue weighted by molar-refractivity contribution is 6.59. The summed E-state index contributed by atoms with van der Waals surface area (Å²) in [5.74, 6) is -0.160. The van der Waals surface area contributed by atoms with E-state index >= 15 is 0 Å². The lowest BCUT2D eigenvalue weighted by Crippen LogP contribution is -2.31. The number of nitrogens with zero attached hydrogens (tertiary/aromatic N) is 2. The molecule has 0 unspecified atom stereocenters. The van der Waals surface area contributed by atoms with Crippen LogP contribution in [0.3, 0.4) is 0 Å². The second kappa shape index (κ2) is 9.98. The van der Waals surface area contributed by atoms with Gasteiger partial charge in [-0.05, 0) is 35.2 Å². The molecule has 1 amide bonds. The van der Waals surface area contributed by atoms with Crippen molar-refractivity contribution in [2.45, 2.75) is 0 Å². The van der Waals surface area contributed by atoms with Crippen LogP contribution in [0.5, 0.6) is 0 Å². The number of hydrogen-bond donors (Lipinski definition) is 4. The van der Waals surface area contributed by atoms with Gasteiger partial charge in [-0.1, -0.05) is 24.3 Å². The van der Waals surface area contributed by atoms with Crippen LogP contribution >= 0.6 is 0 Å². The smallest absolute Gasteiger partial charge is 0.423 e. The van der Waals surface area contributed by atoms with Gasteiger partial charge in [0.05, 0.1) is 0 Å². The number of benzene rings is 2. The summed E-state index contributed by atoms with van der Waals surface area (Å²) >= 11 is 0. The van der Waals surface area contributed by atoms with Crippen LogP contribution in [-0.4, -0.2) is 73.3 Å². The van der Waals surface area contributed by atoms with Crippen LogP contribution in [0, 0.1) is 0 Å². The summed E-state index contributed by atoms with van der Waals surface area (Å²) in [6.45, 7) is 0. The molecule has 0 aromatic heterocycles. The van der Waals surface area contributed by atoms with Crippen LogP contribution in [-0.2, 0) is 0 Å². The van der Waals surface area contributed by atoms with Crippen molar-refractivity contribution in [1.29, 1.82) is 0 Å². The Balaban J connectivity index is 0.000000263. The molecule has 0 saturated carbocycles. The van der Waals surface area contributed by atoms with E-state index in [-0.39, 0.29) is 5.91 Å². The lowest BCUT2D eigenvalue weighted by Gasteiger charge is -2.13. The standard InChI is InChI=1S/C9H12BNO3.C8H12BNO2/c1-11(2)9(12)7-4-3-5-8(6-7)10(13)14;1-10(2)8-5-3-4-7(6-8)9(11)12/h3-6,13-14H,1-2H3;3-6,11-12H,1-2H3. The second-order valence-corrected chi connectivity index (χ2v) is 6.06. The second-order valence-electron chi connectivity index (χ2n) is 6.06. The van der Waals surface area contributed by atoms with Gasteiger partial charge in [0.1, 0.15) is 0 Å². The Bertz CT molecular complexity index is 701. The van der Waals surface area contributed by atoms with E-state index in [4.69, 9.17) is 20.1 Å². The van der Waals surface area contributed by atoms with E-state index in [2.05, 4.69) is 0 Å². The van der Waals surface area contributed by atoms with Crippen molar-refractivity contribution in [2.24, 2.45) is 0 Å². The fraction of sp³-hybridized carbons (Fsp3) is 0.235. The quantitative estimate of drug-likeness (QED) is 0.496. The monoisotopic (exact) mass is 358 g/mol. The zero-order valence-corrected chi connectivity index (χ0v) is 15.4. The van der Waals surface area contributed by atoms with Gasteiger partial charge in [0.15, 0.2) is 0 Å². The molecule has 0 aliphatic heterocycles. The summed E-state index contributed by atoms with van der Waals surface area (Å²) in [4.78, 5) is 14.8. The van der Waals surface area contributed by atoms with E-state index in [9.17, 15) is 4.79 Å². The maximum absolute atomic E-state index is 11.5. The van der Waals surface area contributed by atoms with Crippen molar-refractivity contribution in [3.8, 4) is 0 Å². The minimum absolute atomic E-state index is 0.160. The van der Waals surface area contributed by atoms with Gasteiger partial charge in [0, 0.05) is 39.4 Å². The van der Waals surface area contributed by atoms with E-state index in [0.717, 1.165) is 5.69 Å². The Morgan fingerprint density at radius 1 is 0.808 bits per heavy atom. The number of anilines is 1. The summed E-state index contributed by atoms with van der Waals surface area (Å²) in [5.41, 5.74) is 2.24. The molecule has 0 fully saturated rings. The maximum atomic E-state index is 11.5. The van der Waals surface area contributed by atoms with Gasteiger partial charge in [-0.3, -0.25) is 4.79 Å². The first-order chi connectivity index (χ1) is 12.1. The Hall–Kier alpha value is -2.32. The van der Waals surface area contributed by atoms with Gasteiger partial charge < -0.3 is 29.9 Å². The van der Waals surface area contributed by atoms with Crippen LogP contribution in [0.1, 0.15) is 10.4 Å². The predicted molar refractivity (Wildman–Crippen MR) is 105 cm³/mol. The maximum Gasteiger partial charge on any atom is 0.488 e. The van der Waals surface area contributed by atoms with Gasteiger partial charge in [0.2, 0.25) is 0 Å². The highest BCUT2D eigenvalue weighted by atomic mass is 16.4. The molecule has 0 heterocycles. The lowest BCUT2D eigenvalue weighted by molar-refractivity contribution is 0.0827. The number of rotatable bonds is 4. The SMILES string of the molecule is CN(C)C(=O)c1cccc(B(O)O)c1.CN(C)c1cccc(B(O)O)c1. The fourth-order valence-corrected chi connectivity index (χ4v) is 2.05. The van der Waals surface area contributed by atoms with Crippen molar-refractivity contribution in [3.05, 3.63) is 54.1 Å². The number of carbonyl (C=O) groups is 1. The molecule has 9 heteroatoms. The Kier molecular flexibility index (Phi) is 8.34. The zero-order valence-electron chi connectivity index (χ0n) is 15.4. The molecular formula is C17H24B2N2O5. The molecule has 2 rings (SSSR count). The van der Waals surface area contributed by atoms with Crippen LogP contribution < -0.4 is 15.8 Å². The summed E-state index contributed by atoms with van der Waals surface area (Å²) in [6.07, 6.45) is 0.